The van der Waals surface area contributed by atoms with Crippen molar-refractivity contribution in [1.82, 2.24) is 5.32 Å². The molecule has 2 aromatic rings. The summed E-state index contributed by atoms with van der Waals surface area (Å²) in [5.41, 5.74) is 2.97. The van der Waals surface area contributed by atoms with Crippen molar-refractivity contribution in [3.63, 3.8) is 0 Å². The molecular formula is C23H28N2O5. The molecule has 0 aromatic heterocycles. The second kappa shape index (κ2) is 10.4. The molecule has 2 aromatic carbocycles. The Balaban J connectivity index is 1.93. The number of carbonyl (C=O) groups is 3. The molecule has 0 spiro atoms. The van der Waals surface area contributed by atoms with Crippen LogP contribution in [0.5, 0.6) is 5.75 Å². The van der Waals surface area contributed by atoms with E-state index in [2.05, 4.69) is 10.6 Å². The summed E-state index contributed by atoms with van der Waals surface area (Å²) in [6, 6.07) is 12.5. The molecular weight excluding hydrogens is 384 g/mol. The first-order valence-electron chi connectivity index (χ1n) is 9.75. The normalized spacial score (nSPS) is 11.5. The third-order valence-electron chi connectivity index (χ3n) is 4.60. The van der Waals surface area contributed by atoms with Crippen LogP contribution >= 0.6 is 0 Å². The first-order valence-corrected chi connectivity index (χ1v) is 9.75. The fourth-order valence-electron chi connectivity index (χ4n) is 2.94. The molecule has 0 radical (unpaired) electrons. The maximum Gasteiger partial charge on any atom is 0.326 e. The molecule has 2 rings (SSSR count). The second-order valence-electron chi connectivity index (χ2n) is 7.20. The van der Waals surface area contributed by atoms with E-state index < -0.39 is 23.9 Å². The number of methoxy groups -OCH3 is 1. The van der Waals surface area contributed by atoms with Gasteiger partial charge in [0, 0.05) is 5.69 Å². The molecule has 2 amide bonds. The fourth-order valence-corrected chi connectivity index (χ4v) is 2.94. The molecule has 0 saturated heterocycles. The summed E-state index contributed by atoms with van der Waals surface area (Å²) in [6.45, 7) is 7.11. The Morgan fingerprint density at radius 2 is 1.70 bits per heavy atom. The van der Waals surface area contributed by atoms with Crippen LogP contribution in [0, 0.1) is 6.92 Å². The van der Waals surface area contributed by atoms with Gasteiger partial charge >= 0.3 is 5.97 Å². The van der Waals surface area contributed by atoms with Crippen LogP contribution in [0.15, 0.2) is 42.5 Å². The van der Waals surface area contributed by atoms with Crippen molar-refractivity contribution in [3.05, 3.63) is 59.2 Å². The predicted octanol–water partition coefficient (Wildman–Crippen LogP) is 3.43. The van der Waals surface area contributed by atoms with Crippen molar-refractivity contribution in [2.75, 3.05) is 19.0 Å². The van der Waals surface area contributed by atoms with Gasteiger partial charge in [-0.25, -0.2) is 0 Å². The summed E-state index contributed by atoms with van der Waals surface area (Å²) >= 11 is 0. The quantitative estimate of drug-likeness (QED) is 0.648. The molecule has 0 aliphatic rings. The summed E-state index contributed by atoms with van der Waals surface area (Å²) in [7, 11) is 1.46. The van der Waals surface area contributed by atoms with Crippen molar-refractivity contribution in [3.8, 4) is 5.75 Å². The van der Waals surface area contributed by atoms with Crippen LogP contribution in [0.4, 0.5) is 5.69 Å². The van der Waals surface area contributed by atoms with Crippen molar-refractivity contribution in [1.29, 1.82) is 0 Å². The molecule has 7 nitrogen and oxygen atoms in total. The summed E-state index contributed by atoms with van der Waals surface area (Å²) in [6.07, 6.45) is -1.01. The Labute approximate surface area is 176 Å². The number of carbonyl (C=O) groups excluding carboxylic acids is 3. The molecule has 0 aliphatic heterocycles. The van der Waals surface area contributed by atoms with E-state index in [-0.39, 0.29) is 12.5 Å². The van der Waals surface area contributed by atoms with E-state index >= 15 is 0 Å². The summed E-state index contributed by atoms with van der Waals surface area (Å²) < 4.78 is 10.3. The zero-order valence-corrected chi connectivity index (χ0v) is 17.9. The largest absolute Gasteiger partial charge is 0.496 e. The lowest BCUT2D eigenvalue weighted by Gasteiger charge is -2.19. The van der Waals surface area contributed by atoms with Crippen molar-refractivity contribution in [2.45, 2.75) is 39.7 Å². The number of para-hydroxylation sites is 2. The van der Waals surface area contributed by atoms with Crippen LogP contribution in [0.25, 0.3) is 0 Å². The van der Waals surface area contributed by atoms with E-state index in [4.69, 9.17) is 9.47 Å². The molecule has 160 valence electrons. The highest BCUT2D eigenvalue weighted by molar-refractivity contribution is 5.99. The smallest absolute Gasteiger partial charge is 0.326 e. The van der Waals surface area contributed by atoms with Gasteiger partial charge in [0.05, 0.1) is 12.7 Å². The minimum atomic E-state index is -1.01. The van der Waals surface area contributed by atoms with Crippen LogP contribution in [-0.2, 0) is 14.3 Å². The molecule has 0 unspecified atom stereocenters. The minimum absolute atomic E-state index is 0.225. The highest BCUT2D eigenvalue weighted by atomic mass is 16.5. The van der Waals surface area contributed by atoms with Gasteiger partial charge in [0.15, 0.2) is 6.10 Å². The topological polar surface area (TPSA) is 93.7 Å². The number of amides is 2. The second-order valence-corrected chi connectivity index (χ2v) is 7.20. The lowest BCUT2D eigenvalue weighted by atomic mass is 9.98. The number of benzene rings is 2. The highest BCUT2D eigenvalue weighted by Crippen LogP contribution is 2.27. The molecule has 0 aliphatic carbocycles. The van der Waals surface area contributed by atoms with Crippen LogP contribution in [0.3, 0.4) is 0 Å². The van der Waals surface area contributed by atoms with Gasteiger partial charge in [-0.2, -0.15) is 0 Å². The van der Waals surface area contributed by atoms with Gasteiger partial charge in [0.2, 0.25) is 0 Å². The van der Waals surface area contributed by atoms with Gasteiger partial charge in [-0.15, -0.1) is 0 Å². The zero-order chi connectivity index (χ0) is 22.3. The Kier molecular flexibility index (Phi) is 7.98. The van der Waals surface area contributed by atoms with Crippen LogP contribution in [-0.4, -0.2) is 37.5 Å². The van der Waals surface area contributed by atoms with Gasteiger partial charge in [0.25, 0.3) is 11.8 Å². The first-order chi connectivity index (χ1) is 14.2. The monoisotopic (exact) mass is 412 g/mol. The standard InChI is InChI=1S/C23H28N2O5/c1-14(2)17-11-8-9-15(3)21(17)25-22(27)16(4)30-20(26)13-24-23(28)18-10-6-7-12-19(18)29-5/h6-12,14,16H,13H2,1-5H3,(H,24,28)(H,25,27)/t16-/m1/s1. The number of aryl methyl sites for hydroxylation is 1. The van der Waals surface area contributed by atoms with E-state index in [1.807, 2.05) is 39.0 Å². The third kappa shape index (κ3) is 5.83. The maximum absolute atomic E-state index is 12.5. The maximum atomic E-state index is 12.5. The summed E-state index contributed by atoms with van der Waals surface area (Å²) in [5.74, 6) is -0.994. The van der Waals surface area contributed by atoms with Crippen LogP contribution < -0.4 is 15.4 Å². The van der Waals surface area contributed by atoms with Gasteiger partial charge in [-0.1, -0.05) is 44.2 Å². The van der Waals surface area contributed by atoms with Crippen molar-refractivity contribution >= 4 is 23.5 Å². The minimum Gasteiger partial charge on any atom is -0.496 e. The lowest BCUT2D eigenvalue weighted by molar-refractivity contribution is -0.152. The number of ether oxygens (including phenoxy) is 2. The Morgan fingerprint density at radius 3 is 2.37 bits per heavy atom. The van der Waals surface area contributed by atoms with Crippen LogP contribution in [0.2, 0.25) is 0 Å². The molecule has 0 fully saturated rings. The predicted molar refractivity (Wildman–Crippen MR) is 115 cm³/mol. The van der Waals surface area contributed by atoms with E-state index in [1.54, 1.807) is 24.3 Å². The number of esters is 1. The van der Waals surface area contributed by atoms with Gasteiger partial charge < -0.3 is 20.1 Å². The van der Waals surface area contributed by atoms with Gasteiger partial charge in [-0.3, -0.25) is 14.4 Å². The van der Waals surface area contributed by atoms with E-state index in [0.717, 1.165) is 16.8 Å². The average molecular weight is 412 g/mol. The van der Waals surface area contributed by atoms with Crippen molar-refractivity contribution in [2.24, 2.45) is 0 Å². The van der Waals surface area contributed by atoms with E-state index in [1.165, 1.54) is 14.0 Å². The molecule has 0 bridgehead atoms. The molecule has 0 heterocycles. The van der Waals surface area contributed by atoms with E-state index in [9.17, 15) is 14.4 Å². The van der Waals surface area contributed by atoms with Gasteiger partial charge in [-0.05, 0) is 43.0 Å². The summed E-state index contributed by atoms with van der Waals surface area (Å²) in [4.78, 5) is 36.9. The number of hydrogen-bond donors (Lipinski definition) is 2. The number of nitrogens with one attached hydrogen (secondary N) is 2. The Morgan fingerprint density at radius 1 is 1.00 bits per heavy atom. The highest BCUT2D eigenvalue weighted by Gasteiger charge is 2.21. The van der Waals surface area contributed by atoms with Crippen molar-refractivity contribution < 1.29 is 23.9 Å². The molecule has 2 N–H and O–H groups in total. The average Bonchev–Trinajstić information content (AvgIpc) is 2.72. The third-order valence-corrected chi connectivity index (χ3v) is 4.60. The molecule has 30 heavy (non-hydrogen) atoms. The summed E-state index contributed by atoms with van der Waals surface area (Å²) in [5, 5.41) is 5.33. The van der Waals surface area contributed by atoms with Crippen LogP contribution in [0.1, 0.15) is 48.2 Å². The Hall–Kier alpha value is -3.35. The number of hydrogen-bond acceptors (Lipinski definition) is 5. The van der Waals surface area contributed by atoms with Gasteiger partial charge in [0.1, 0.15) is 12.3 Å². The molecule has 0 saturated carbocycles. The zero-order valence-electron chi connectivity index (χ0n) is 17.9. The number of anilines is 1. The van der Waals surface area contributed by atoms with E-state index in [0.29, 0.717) is 11.3 Å². The molecule has 1 atom stereocenters. The lowest BCUT2D eigenvalue weighted by Crippen LogP contribution is -2.36. The SMILES string of the molecule is COc1ccccc1C(=O)NCC(=O)O[C@H](C)C(=O)Nc1c(C)cccc1C(C)C. The Bertz CT molecular complexity index is 924. The fraction of sp³-hybridized carbons (Fsp3) is 0.348. The number of rotatable bonds is 8. The molecule has 7 heteroatoms. The first kappa shape index (κ1) is 22.9.